The minimum Gasteiger partial charge on any atom is -0.321 e. The van der Waals surface area contributed by atoms with E-state index in [1.165, 1.54) is 0 Å². The topological polar surface area (TPSA) is 78.4 Å². The highest BCUT2D eigenvalue weighted by atomic mass is 32.1. The van der Waals surface area contributed by atoms with Crippen LogP contribution in [0.1, 0.15) is 17.2 Å². The zero-order valence-corrected chi connectivity index (χ0v) is 15.6. The van der Waals surface area contributed by atoms with E-state index in [1.54, 1.807) is 11.3 Å². The van der Waals surface area contributed by atoms with Crippen molar-refractivity contribution < 1.29 is 4.79 Å². The van der Waals surface area contributed by atoms with E-state index >= 15 is 0 Å². The molecule has 3 N–H and O–H groups in total. The van der Waals surface area contributed by atoms with E-state index in [4.69, 9.17) is 0 Å². The lowest BCUT2D eigenvalue weighted by Crippen LogP contribution is -2.28. The lowest BCUT2D eigenvalue weighted by atomic mass is 10.1. The first-order valence-corrected chi connectivity index (χ1v) is 9.51. The molecule has 1 aliphatic heterocycles. The highest BCUT2D eigenvalue weighted by Gasteiger charge is 2.23. The number of benzene rings is 2. The van der Waals surface area contributed by atoms with Crippen LogP contribution in [-0.4, -0.2) is 30.4 Å². The van der Waals surface area contributed by atoms with E-state index in [0.29, 0.717) is 18.2 Å². The molecule has 1 fully saturated rings. The highest BCUT2D eigenvalue weighted by Crippen LogP contribution is 2.21. The molecular weight excluding hydrogens is 358 g/mol. The highest BCUT2D eigenvalue weighted by molar-refractivity contribution is 7.16. The van der Waals surface area contributed by atoms with Crippen LogP contribution in [0, 0.1) is 0 Å². The molecule has 1 saturated heterocycles. The summed E-state index contributed by atoms with van der Waals surface area (Å²) in [6.45, 7) is 0.673. The Kier molecular flexibility index (Phi) is 4.95. The molecule has 27 heavy (non-hydrogen) atoms. The molecule has 0 spiro atoms. The number of hydrogen-bond acceptors (Lipinski definition) is 5. The van der Waals surface area contributed by atoms with Gasteiger partial charge in [-0.05, 0) is 36.4 Å². The Balaban J connectivity index is 1.57. The van der Waals surface area contributed by atoms with Gasteiger partial charge in [0, 0.05) is 6.54 Å². The fourth-order valence-electron chi connectivity index (χ4n) is 2.95. The van der Waals surface area contributed by atoms with E-state index < -0.39 is 0 Å². The van der Waals surface area contributed by atoms with E-state index in [2.05, 4.69) is 25.9 Å². The number of likely N-dealkylation sites (N-methyl/N-ethyl adjacent to an activating group) is 1. The van der Waals surface area contributed by atoms with Crippen LogP contribution in [0.4, 0.5) is 0 Å². The van der Waals surface area contributed by atoms with Gasteiger partial charge in [0.2, 0.25) is 5.96 Å². The van der Waals surface area contributed by atoms with Crippen LogP contribution in [-0.2, 0) is 4.79 Å². The fourth-order valence-corrected chi connectivity index (χ4v) is 3.67. The second kappa shape index (κ2) is 7.69. The fraction of sp³-hybridized carbons (Fsp3) is 0.150. The molecule has 0 bridgehead atoms. The van der Waals surface area contributed by atoms with Gasteiger partial charge in [-0.2, -0.15) is 0 Å². The Hall–Kier alpha value is -3.03. The first-order chi connectivity index (χ1) is 13.2. The lowest BCUT2D eigenvalue weighted by molar-refractivity contribution is -0.115. The Morgan fingerprint density at radius 2 is 2.07 bits per heavy atom. The number of amides is 1. The van der Waals surface area contributed by atoms with Crippen LogP contribution in [0.2, 0.25) is 0 Å². The van der Waals surface area contributed by atoms with Crippen LogP contribution in [0.5, 0.6) is 0 Å². The van der Waals surface area contributed by atoms with Crippen molar-refractivity contribution in [2.45, 2.75) is 6.04 Å². The van der Waals surface area contributed by atoms with Gasteiger partial charge in [0.15, 0.2) is 0 Å². The van der Waals surface area contributed by atoms with Crippen molar-refractivity contribution in [2.75, 3.05) is 13.6 Å². The molecule has 4 rings (SSSR count). The molecule has 1 unspecified atom stereocenters. The summed E-state index contributed by atoms with van der Waals surface area (Å²) < 4.78 is 1.09. The minimum atomic E-state index is -0.186. The van der Waals surface area contributed by atoms with Crippen molar-refractivity contribution in [2.24, 2.45) is 4.99 Å². The molecule has 1 atom stereocenters. The van der Waals surface area contributed by atoms with Crippen molar-refractivity contribution in [3.05, 3.63) is 70.9 Å². The van der Waals surface area contributed by atoms with Crippen LogP contribution >= 0.6 is 11.3 Å². The number of thiazole rings is 1. The zero-order chi connectivity index (χ0) is 18.6. The molecule has 0 radical (unpaired) electrons. The maximum Gasteiger partial charge on any atom is 0.274 e. The molecule has 7 heteroatoms. The van der Waals surface area contributed by atoms with Gasteiger partial charge >= 0.3 is 0 Å². The number of fused-ring (bicyclic) bond motifs is 1. The number of aliphatic imine (C=N–C) groups is 1. The van der Waals surface area contributed by atoms with Gasteiger partial charge in [0.05, 0.1) is 21.8 Å². The quantitative estimate of drug-likeness (QED) is 0.598. The van der Waals surface area contributed by atoms with Gasteiger partial charge in [0.1, 0.15) is 5.70 Å². The molecule has 6 nitrogen and oxygen atoms in total. The normalized spacial score (nSPS) is 18.0. The second-order valence-corrected chi connectivity index (χ2v) is 7.06. The van der Waals surface area contributed by atoms with E-state index in [-0.39, 0.29) is 11.9 Å². The summed E-state index contributed by atoms with van der Waals surface area (Å²) in [6.07, 6.45) is 1.83. The van der Waals surface area contributed by atoms with Crippen molar-refractivity contribution in [1.82, 2.24) is 20.9 Å². The van der Waals surface area contributed by atoms with Crippen LogP contribution in [0.25, 0.3) is 16.3 Å². The molecule has 3 aromatic rings. The summed E-state index contributed by atoms with van der Waals surface area (Å²) in [5.74, 6) is 0.281. The monoisotopic (exact) mass is 377 g/mol. The Morgan fingerprint density at radius 1 is 1.22 bits per heavy atom. The molecule has 2 heterocycles. The van der Waals surface area contributed by atoms with Gasteiger partial charge in [-0.25, -0.2) is 9.98 Å². The number of nitrogens with one attached hydrogen (secondary N) is 3. The summed E-state index contributed by atoms with van der Waals surface area (Å²) in [5.41, 5.74) is 5.29. The van der Waals surface area contributed by atoms with Gasteiger partial charge in [-0.3, -0.25) is 10.1 Å². The summed E-state index contributed by atoms with van der Waals surface area (Å²) in [6, 6.07) is 15.9. The molecular formula is C20H19N5OS. The number of carbonyl (C=O) groups is 1. The lowest BCUT2D eigenvalue weighted by Gasteiger charge is -2.13. The SMILES string of the molecule is CNCC(N=C1NC(=O)C(=Cc2ccc3ncsc3c2)N1)c1ccccc1. The van der Waals surface area contributed by atoms with Gasteiger partial charge in [-0.15, -0.1) is 11.3 Å². The summed E-state index contributed by atoms with van der Waals surface area (Å²) in [5, 5.41) is 9.06. The van der Waals surface area contributed by atoms with E-state index in [0.717, 1.165) is 21.3 Å². The Labute approximate surface area is 161 Å². The van der Waals surface area contributed by atoms with Crippen LogP contribution in [0.3, 0.4) is 0 Å². The third-order valence-electron chi connectivity index (χ3n) is 4.26. The van der Waals surface area contributed by atoms with Gasteiger partial charge in [0.25, 0.3) is 5.91 Å². The number of guanidine groups is 1. The zero-order valence-electron chi connectivity index (χ0n) is 14.8. The summed E-state index contributed by atoms with van der Waals surface area (Å²) >= 11 is 1.58. The van der Waals surface area contributed by atoms with E-state index in [9.17, 15) is 4.79 Å². The number of carbonyl (C=O) groups excluding carboxylic acids is 1. The molecule has 136 valence electrons. The first kappa shape index (κ1) is 17.4. The number of nitrogens with zero attached hydrogens (tertiary/aromatic N) is 2. The molecule has 1 aromatic heterocycles. The van der Waals surface area contributed by atoms with Gasteiger partial charge < -0.3 is 10.6 Å². The smallest absolute Gasteiger partial charge is 0.274 e. The van der Waals surface area contributed by atoms with Crippen molar-refractivity contribution in [3.63, 3.8) is 0 Å². The molecule has 1 aliphatic rings. The first-order valence-electron chi connectivity index (χ1n) is 8.63. The van der Waals surface area contributed by atoms with E-state index in [1.807, 2.05) is 67.2 Å². The average molecular weight is 377 g/mol. The maximum atomic E-state index is 12.3. The Bertz CT molecular complexity index is 1030. The predicted molar refractivity (Wildman–Crippen MR) is 109 cm³/mol. The number of rotatable bonds is 5. The maximum absolute atomic E-state index is 12.3. The molecule has 2 aromatic carbocycles. The summed E-state index contributed by atoms with van der Waals surface area (Å²) in [7, 11) is 1.89. The standard InChI is InChI=1S/C20H19N5OS/c1-21-11-17(14-5-3-2-4-6-14)24-20-23-16(19(26)25-20)9-13-7-8-15-18(10-13)27-12-22-15/h2-10,12,17,21H,11H2,1H3,(H2,23,24,25,26). The minimum absolute atomic E-state index is 0.0908. The third-order valence-corrected chi connectivity index (χ3v) is 5.05. The number of hydrogen-bond donors (Lipinski definition) is 3. The largest absolute Gasteiger partial charge is 0.321 e. The third kappa shape index (κ3) is 3.89. The number of aromatic nitrogens is 1. The van der Waals surface area contributed by atoms with Gasteiger partial charge in [-0.1, -0.05) is 36.4 Å². The molecule has 0 saturated carbocycles. The second-order valence-electron chi connectivity index (χ2n) is 6.18. The Morgan fingerprint density at radius 3 is 2.89 bits per heavy atom. The molecule has 0 aliphatic carbocycles. The van der Waals surface area contributed by atoms with Crippen molar-refractivity contribution in [3.8, 4) is 0 Å². The molecule has 1 amide bonds. The van der Waals surface area contributed by atoms with Crippen LogP contribution < -0.4 is 16.0 Å². The summed E-state index contributed by atoms with van der Waals surface area (Å²) in [4.78, 5) is 21.3. The van der Waals surface area contributed by atoms with Crippen LogP contribution in [0.15, 0.2) is 64.7 Å². The van der Waals surface area contributed by atoms with Crippen molar-refractivity contribution in [1.29, 1.82) is 0 Å². The van der Waals surface area contributed by atoms with Crippen molar-refractivity contribution >= 4 is 39.5 Å². The predicted octanol–water partition coefficient (Wildman–Crippen LogP) is 2.67. The average Bonchev–Trinajstić information content (AvgIpc) is 3.28.